The maximum atomic E-state index is 13.1. The lowest BCUT2D eigenvalue weighted by Crippen LogP contribution is -2.64. The number of nitrogens with zero attached hydrogens (tertiary/aromatic N) is 2. The number of nitrogens with one attached hydrogen (secondary N) is 2. The predicted molar refractivity (Wildman–Crippen MR) is 115 cm³/mol. The smallest absolute Gasteiger partial charge is 0.243 e. The average Bonchev–Trinajstić information content (AvgIpc) is 2.75. The molecule has 2 aromatic rings. The van der Waals surface area contributed by atoms with Crippen molar-refractivity contribution in [1.29, 1.82) is 0 Å². The number of benzene rings is 2. The zero-order chi connectivity index (χ0) is 21.2. The first-order valence-electron chi connectivity index (χ1n) is 10.2. The van der Waals surface area contributed by atoms with Gasteiger partial charge >= 0.3 is 0 Å². The van der Waals surface area contributed by atoms with Crippen LogP contribution in [-0.4, -0.2) is 50.3 Å². The lowest BCUT2D eigenvalue weighted by Gasteiger charge is -2.44. The maximum Gasteiger partial charge on any atom is 0.243 e. The van der Waals surface area contributed by atoms with E-state index in [1.807, 2.05) is 19.1 Å². The van der Waals surface area contributed by atoms with Crippen LogP contribution < -0.4 is 10.6 Å². The molecule has 0 aromatic heterocycles. The Kier molecular flexibility index (Phi) is 5.90. The van der Waals surface area contributed by atoms with Crippen molar-refractivity contribution >= 4 is 15.9 Å². The number of hydrogen-bond donors (Lipinski definition) is 2. The predicted octanol–water partition coefficient (Wildman–Crippen LogP) is 2.45. The number of rotatable bonds is 4. The molecule has 6 nitrogen and oxygen atoms in total. The number of piperidine rings is 1. The van der Waals surface area contributed by atoms with Gasteiger partial charge in [0.15, 0.2) is 0 Å². The maximum absolute atomic E-state index is 13.1. The summed E-state index contributed by atoms with van der Waals surface area (Å²) in [5.41, 5.74) is 1.38. The van der Waals surface area contributed by atoms with Gasteiger partial charge in [0, 0.05) is 26.2 Å². The van der Waals surface area contributed by atoms with Gasteiger partial charge < -0.3 is 10.6 Å². The lowest BCUT2D eigenvalue weighted by molar-refractivity contribution is 0.241. The Morgan fingerprint density at radius 2 is 1.83 bits per heavy atom. The second-order valence-electron chi connectivity index (χ2n) is 7.89. The summed E-state index contributed by atoms with van der Waals surface area (Å²) in [4.78, 5) is 5.08. The Bertz CT molecular complexity index is 1030. The second-order valence-corrected chi connectivity index (χ2v) is 9.80. The zero-order valence-corrected chi connectivity index (χ0v) is 17.9. The summed E-state index contributed by atoms with van der Waals surface area (Å²) in [6.45, 7) is 4.69. The molecule has 0 aliphatic carbocycles. The normalized spacial score (nSPS) is 19.5. The highest BCUT2D eigenvalue weighted by molar-refractivity contribution is 7.89. The number of sulfonamides is 1. The van der Waals surface area contributed by atoms with Crippen molar-refractivity contribution in [3.05, 3.63) is 65.5 Å². The minimum absolute atomic E-state index is 0.255. The highest BCUT2D eigenvalue weighted by atomic mass is 32.2. The molecule has 30 heavy (non-hydrogen) atoms. The molecule has 0 unspecified atom stereocenters. The quantitative estimate of drug-likeness (QED) is 0.782. The Balaban J connectivity index is 1.46. The van der Waals surface area contributed by atoms with Crippen LogP contribution in [0, 0.1) is 12.7 Å². The summed E-state index contributed by atoms with van der Waals surface area (Å²) in [5.74, 6) is 0.611. The van der Waals surface area contributed by atoms with Crippen LogP contribution in [0.25, 0.3) is 0 Å². The van der Waals surface area contributed by atoms with Gasteiger partial charge in [0.25, 0.3) is 0 Å². The Morgan fingerprint density at radius 1 is 1.13 bits per heavy atom. The van der Waals surface area contributed by atoms with Gasteiger partial charge in [-0.3, -0.25) is 4.99 Å². The standard InChI is InChI=1S/C22H27FN4O2S/c1-17-4-2-3-5-20(17)30(28,29)27-14-10-22(11-15-27)21(24-12-13-26-22)25-16-18-6-8-19(23)9-7-18/h2-9,26H,10-16H2,1H3,(H,24,25). The summed E-state index contributed by atoms with van der Waals surface area (Å²) >= 11 is 0. The molecule has 0 bridgehead atoms. The van der Waals surface area contributed by atoms with Gasteiger partial charge in [-0.15, -0.1) is 0 Å². The van der Waals surface area contributed by atoms with Gasteiger partial charge in [-0.25, -0.2) is 12.8 Å². The van der Waals surface area contributed by atoms with Crippen LogP contribution in [-0.2, 0) is 16.6 Å². The fourth-order valence-electron chi connectivity index (χ4n) is 4.22. The molecule has 0 atom stereocenters. The largest absolute Gasteiger partial charge is 0.368 e. The van der Waals surface area contributed by atoms with E-state index in [4.69, 9.17) is 4.99 Å². The fourth-order valence-corrected chi connectivity index (χ4v) is 5.88. The SMILES string of the molecule is Cc1ccccc1S(=O)(=O)N1CCC2(CC1)NCCN=C2NCc1ccc(F)cc1. The highest BCUT2D eigenvalue weighted by Crippen LogP contribution is 2.29. The van der Waals surface area contributed by atoms with E-state index in [2.05, 4.69) is 10.6 Å². The van der Waals surface area contributed by atoms with E-state index in [-0.39, 0.29) is 11.4 Å². The molecule has 1 saturated heterocycles. The van der Waals surface area contributed by atoms with Crippen molar-refractivity contribution in [2.24, 2.45) is 4.99 Å². The number of aryl methyl sites for hydroxylation is 1. The third-order valence-corrected chi connectivity index (χ3v) is 8.02. The van der Waals surface area contributed by atoms with Gasteiger partial charge in [-0.1, -0.05) is 30.3 Å². The van der Waals surface area contributed by atoms with Crippen LogP contribution >= 0.6 is 0 Å². The zero-order valence-electron chi connectivity index (χ0n) is 17.1. The molecular weight excluding hydrogens is 403 g/mol. The van der Waals surface area contributed by atoms with Crippen LogP contribution in [0.4, 0.5) is 4.39 Å². The Labute approximate surface area is 177 Å². The van der Waals surface area contributed by atoms with Crippen LogP contribution in [0.5, 0.6) is 0 Å². The average molecular weight is 431 g/mol. The first kappa shape index (κ1) is 21.0. The first-order valence-corrected chi connectivity index (χ1v) is 11.7. The molecule has 160 valence electrons. The van der Waals surface area contributed by atoms with E-state index in [1.54, 1.807) is 28.6 Å². The molecule has 8 heteroatoms. The van der Waals surface area contributed by atoms with Gasteiger partial charge in [0.2, 0.25) is 10.0 Å². The number of aliphatic imine (C=N–C) groups is 1. The molecule has 2 aromatic carbocycles. The molecule has 0 radical (unpaired) electrons. The van der Waals surface area contributed by atoms with Gasteiger partial charge in [-0.2, -0.15) is 4.31 Å². The van der Waals surface area contributed by atoms with E-state index >= 15 is 0 Å². The van der Waals surface area contributed by atoms with Crippen LogP contribution in [0.3, 0.4) is 0 Å². The molecular formula is C22H27FN4O2S. The van der Waals surface area contributed by atoms with Gasteiger partial charge in [0.05, 0.1) is 17.0 Å². The van der Waals surface area contributed by atoms with Crippen molar-refractivity contribution < 1.29 is 12.8 Å². The van der Waals surface area contributed by atoms with E-state index in [0.29, 0.717) is 43.9 Å². The molecule has 0 saturated carbocycles. The number of hydrogen-bond acceptors (Lipinski definition) is 5. The highest BCUT2D eigenvalue weighted by Gasteiger charge is 2.43. The van der Waals surface area contributed by atoms with Crippen LogP contribution in [0.2, 0.25) is 0 Å². The van der Waals surface area contributed by atoms with Gasteiger partial charge in [0.1, 0.15) is 11.7 Å². The van der Waals surface area contributed by atoms with Crippen LogP contribution in [0.15, 0.2) is 58.4 Å². The Morgan fingerprint density at radius 3 is 2.53 bits per heavy atom. The minimum atomic E-state index is -3.52. The third kappa shape index (κ3) is 4.12. The molecule has 0 amide bonds. The van der Waals surface area contributed by atoms with Crippen molar-refractivity contribution in [3.63, 3.8) is 0 Å². The molecule has 1 spiro atoms. The number of amidine groups is 1. The topological polar surface area (TPSA) is 73.8 Å². The van der Waals surface area contributed by atoms with Crippen molar-refractivity contribution in [2.75, 3.05) is 26.2 Å². The fraction of sp³-hybridized carbons (Fsp3) is 0.409. The summed E-state index contributed by atoms with van der Waals surface area (Å²) < 4.78 is 41.0. The molecule has 2 heterocycles. The van der Waals surface area contributed by atoms with Crippen molar-refractivity contribution in [2.45, 2.75) is 36.7 Å². The molecule has 4 rings (SSSR count). The summed E-state index contributed by atoms with van der Waals surface area (Å²) in [6, 6.07) is 13.5. The van der Waals surface area contributed by atoms with Gasteiger partial charge in [-0.05, 0) is 49.1 Å². The first-order chi connectivity index (χ1) is 14.4. The van der Waals surface area contributed by atoms with E-state index in [1.165, 1.54) is 12.1 Å². The molecule has 1 fully saturated rings. The number of halogens is 1. The summed E-state index contributed by atoms with van der Waals surface area (Å²) in [7, 11) is -3.52. The van der Waals surface area contributed by atoms with E-state index < -0.39 is 10.0 Å². The molecule has 2 aliphatic rings. The van der Waals surface area contributed by atoms with E-state index in [0.717, 1.165) is 23.5 Å². The minimum Gasteiger partial charge on any atom is -0.368 e. The summed E-state index contributed by atoms with van der Waals surface area (Å²) in [6.07, 6.45) is 1.29. The Hall–Kier alpha value is -2.29. The monoisotopic (exact) mass is 430 g/mol. The lowest BCUT2D eigenvalue weighted by atomic mass is 9.85. The molecule has 2 N–H and O–H groups in total. The summed E-state index contributed by atoms with van der Waals surface area (Å²) in [5, 5.41) is 6.99. The third-order valence-electron chi connectivity index (χ3n) is 5.96. The van der Waals surface area contributed by atoms with Crippen molar-refractivity contribution in [1.82, 2.24) is 14.9 Å². The van der Waals surface area contributed by atoms with Crippen molar-refractivity contribution in [3.8, 4) is 0 Å². The van der Waals surface area contributed by atoms with E-state index in [9.17, 15) is 12.8 Å². The second kappa shape index (κ2) is 8.45. The molecule has 2 aliphatic heterocycles. The van der Waals surface area contributed by atoms with Crippen LogP contribution in [0.1, 0.15) is 24.0 Å².